The molecule has 0 amide bonds. The topological polar surface area (TPSA) is 96.2 Å². The van der Waals surface area contributed by atoms with E-state index in [2.05, 4.69) is 9.97 Å². The Bertz CT molecular complexity index is 799. The van der Waals surface area contributed by atoms with Crippen LogP contribution < -0.4 is 5.69 Å². The van der Waals surface area contributed by atoms with Crippen LogP contribution in [0.4, 0.5) is 0 Å². The predicted molar refractivity (Wildman–Crippen MR) is 67.0 cm³/mol. The Kier molecular flexibility index (Phi) is 2.42. The van der Waals surface area contributed by atoms with Crippen molar-refractivity contribution in [2.75, 3.05) is 0 Å². The summed E-state index contributed by atoms with van der Waals surface area (Å²) < 4.78 is 5.55. The molecule has 2 N–H and O–H groups in total. The lowest BCUT2D eigenvalue weighted by molar-refractivity contribution is 0.0690. The summed E-state index contributed by atoms with van der Waals surface area (Å²) in [7, 11) is 0. The van der Waals surface area contributed by atoms with Gasteiger partial charge in [-0.1, -0.05) is 18.2 Å². The van der Waals surface area contributed by atoms with Crippen LogP contribution in [0.1, 0.15) is 10.5 Å². The minimum absolute atomic E-state index is 0.286. The van der Waals surface area contributed by atoms with Gasteiger partial charge in [0.25, 0.3) is 0 Å². The van der Waals surface area contributed by atoms with Crippen molar-refractivity contribution >= 4 is 16.9 Å². The molecule has 6 heteroatoms. The fourth-order valence-corrected chi connectivity index (χ4v) is 1.81. The number of nitrogens with zero attached hydrogens (tertiary/aromatic N) is 1. The minimum Gasteiger partial charge on any atom is -0.477 e. The number of para-hydroxylation sites is 1. The van der Waals surface area contributed by atoms with Gasteiger partial charge in [0.15, 0.2) is 11.5 Å². The summed E-state index contributed by atoms with van der Waals surface area (Å²) in [6, 6.07) is 10.3. The lowest BCUT2D eigenvalue weighted by Crippen LogP contribution is -2.16. The highest BCUT2D eigenvalue weighted by Crippen LogP contribution is 2.25. The summed E-state index contributed by atoms with van der Waals surface area (Å²) in [5.74, 6) is -0.869. The van der Waals surface area contributed by atoms with E-state index in [9.17, 15) is 9.59 Å². The standard InChI is InChI=1S/C13H8N2O4/c16-12(17)9-6-8(14-13(18)15-9)11-5-7-3-1-2-4-10(7)19-11/h1-6H,(H,16,17)(H,14,15,18). The molecule has 0 unspecified atom stereocenters. The number of H-pyrrole nitrogens is 1. The van der Waals surface area contributed by atoms with E-state index in [0.29, 0.717) is 11.3 Å². The van der Waals surface area contributed by atoms with E-state index >= 15 is 0 Å². The molecule has 0 aliphatic carbocycles. The molecule has 2 aromatic heterocycles. The van der Waals surface area contributed by atoms with Crippen molar-refractivity contribution in [3.05, 3.63) is 52.6 Å². The third-order valence-corrected chi connectivity index (χ3v) is 2.65. The average molecular weight is 256 g/mol. The average Bonchev–Trinajstić information content (AvgIpc) is 2.81. The molecule has 0 fully saturated rings. The Morgan fingerprint density at radius 2 is 2.05 bits per heavy atom. The molecular weight excluding hydrogens is 248 g/mol. The zero-order valence-electron chi connectivity index (χ0n) is 9.58. The predicted octanol–water partition coefficient (Wildman–Crippen LogP) is 1.88. The maximum atomic E-state index is 11.3. The van der Waals surface area contributed by atoms with Gasteiger partial charge >= 0.3 is 11.7 Å². The van der Waals surface area contributed by atoms with Crippen LogP contribution in [0, 0.1) is 0 Å². The molecule has 0 saturated carbocycles. The number of hydrogen-bond donors (Lipinski definition) is 2. The first-order chi connectivity index (χ1) is 9.13. The molecule has 1 aromatic carbocycles. The van der Waals surface area contributed by atoms with Crippen LogP contribution in [0.5, 0.6) is 0 Å². The molecule has 0 atom stereocenters. The number of hydrogen-bond acceptors (Lipinski definition) is 4. The summed E-state index contributed by atoms with van der Waals surface area (Å²) >= 11 is 0. The van der Waals surface area contributed by atoms with E-state index in [4.69, 9.17) is 9.52 Å². The molecule has 3 rings (SSSR count). The summed E-state index contributed by atoms with van der Waals surface area (Å²) in [5, 5.41) is 9.74. The van der Waals surface area contributed by atoms with Gasteiger partial charge in [-0.15, -0.1) is 0 Å². The zero-order valence-corrected chi connectivity index (χ0v) is 9.58. The fourth-order valence-electron chi connectivity index (χ4n) is 1.81. The SMILES string of the molecule is O=C(O)c1cc(-c2cc3ccccc3o2)[nH]c(=O)n1. The van der Waals surface area contributed by atoms with Crippen LogP contribution in [-0.4, -0.2) is 21.0 Å². The van der Waals surface area contributed by atoms with E-state index in [0.717, 1.165) is 5.39 Å². The monoisotopic (exact) mass is 256 g/mol. The second-order valence-electron chi connectivity index (χ2n) is 3.94. The maximum absolute atomic E-state index is 11.3. The Balaban J connectivity index is 2.20. The van der Waals surface area contributed by atoms with Gasteiger partial charge in [-0.2, -0.15) is 4.98 Å². The van der Waals surface area contributed by atoms with Crippen molar-refractivity contribution in [1.29, 1.82) is 0 Å². The highest BCUT2D eigenvalue weighted by molar-refractivity contribution is 5.87. The quantitative estimate of drug-likeness (QED) is 0.729. The van der Waals surface area contributed by atoms with Crippen molar-refractivity contribution in [2.24, 2.45) is 0 Å². The molecule has 0 spiro atoms. The van der Waals surface area contributed by atoms with Gasteiger partial charge in [0.05, 0.1) is 5.69 Å². The van der Waals surface area contributed by atoms with Crippen molar-refractivity contribution < 1.29 is 14.3 Å². The van der Waals surface area contributed by atoms with E-state index in [1.165, 1.54) is 6.07 Å². The van der Waals surface area contributed by atoms with Gasteiger partial charge in [0.2, 0.25) is 0 Å². The number of furan rings is 1. The molecular formula is C13H8N2O4. The van der Waals surface area contributed by atoms with Gasteiger partial charge in [-0.25, -0.2) is 9.59 Å². The Hall–Kier alpha value is -2.89. The van der Waals surface area contributed by atoms with Crippen molar-refractivity contribution in [1.82, 2.24) is 9.97 Å². The lowest BCUT2D eigenvalue weighted by atomic mass is 10.2. The zero-order chi connectivity index (χ0) is 13.4. The summed E-state index contributed by atoms with van der Waals surface area (Å²) in [6.45, 7) is 0. The van der Waals surface area contributed by atoms with Crippen LogP contribution >= 0.6 is 0 Å². The lowest BCUT2D eigenvalue weighted by Gasteiger charge is -1.97. The molecule has 0 aliphatic rings. The molecule has 19 heavy (non-hydrogen) atoms. The molecule has 6 nitrogen and oxygen atoms in total. The number of carbonyl (C=O) groups is 1. The Morgan fingerprint density at radius 1 is 1.26 bits per heavy atom. The molecule has 0 saturated heterocycles. The Labute approximate surface area is 106 Å². The third-order valence-electron chi connectivity index (χ3n) is 2.65. The van der Waals surface area contributed by atoms with Crippen LogP contribution in [-0.2, 0) is 0 Å². The second kappa shape index (κ2) is 4.09. The highest BCUT2D eigenvalue weighted by Gasteiger charge is 2.12. The molecule has 94 valence electrons. The number of fused-ring (bicyclic) bond motifs is 1. The van der Waals surface area contributed by atoms with Gasteiger partial charge < -0.3 is 14.5 Å². The highest BCUT2D eigenvalue weighted by atomic mass is 16.4. The summed E-state index contributed by atoms with van der Waals surface area (Å²) in [5.41, 5.74) is -0.102. The van der Waals surface area contributed by atoms with Gasteiger partial charge in [0.1, 0.15) is 5.58 Å². The molecule has 0 radical (unpaired) electrons. The number of aromatic carboxylic acids is 1. The van der Waals surface area contributed by atoms with Crippen molar-refractivity contribution in [3.8, 4) is 11.5 Å². The van der Waals surface area contributed by atoms with Crippen LogP contribution in [0.3, 0.4) is 0 Å². The van der Waals surface area contributed by atoms with Gasteiger partial charge in [0, 0.05) is 5.39 Å². The first kappa shape index (κ1) is 11.2. The third kappa shape index (κ3) is 1.99. The van der Waals surface area contributed by atoms with Crippen LogP contribution in [0.25, 0.3) is 22.4 Å². The molecule has 0 bridgehead atoms. The molecule has 0 aliphatic heterocycles. The van der Waals surface area contributed by atoms with E-state index in [1.807, 2.05) is 18.2 Å². The normalized spacial score (nSPS) is 10.7. The largest absolute Gasteiger partial charge is 0.477 e. The van der Waals surface area contributed by atoms with Crippen LogP contribution in [0.15, 0.2) is 45.6 Å². The second-order valence-corrected chi connectivity index (χ2v) is 3.94. The fraction of sp³-hybridized carbons (Fsp3) is 0. The number of carboxylic acid groups (broad SMARTS) is 1. The Morgan fingerprint density at radius 3 is 2.79 bits per heavy atom. The number of aromatic nitrogens is 2. The number of nitrogens with one attached hydrogen (secondary N) is 1. The van der Waals surface area contributed by atoms with E-state index in [-0.39, 0.29) is 11.4 Å². The number of aromatic amines is 1. The summed E-state index contributed by atoms with van der Waals surface area (Å²) in [6.07, 6.45) is 0. The smallest absolute Gasteiger partial charge is 0.354 e. The number of carboxylic acids is 1. The first-order valence-electron chi connectivity index (χ1n) is 5.47. The van der Waals surface area contributed by atoms with Crippen molar-refractivity contribution in [3.63, 3.8) is 0 Å². The van der Waals surface area contributed by atoms with Crippen molar-refractivity contribution in [2.45, 2.75) is 0 Å². The summed E-state index contributed by atoms with van der Waals surface area (Å²) in [4.78, 5) is 28.0. The van der Waals surface area contributed by atoms with E-state index < -0.39 is 11.7 Å². The first-order valence-corrected chi connectivity index (χ1v) is 5.47. The van der Waals surface area contributed by atoms with Gasteiger partial charge in [-0.05, 0) is 18.2 Å². The number of benzene rings is 1. The maximum Gasteiger partial charge on any atom is 0.354 e. The molecule has 3 aromatic rings. The van der Waals surface area contributed by atoms with Crippen LogP contribution in [0.2, 0.25) is 0 Å². The minimum atomic E-state index is -1.26. The number of rotatable bonds is 2. The van der Waals surface area contributed by atoms with E-state index in [1.54, 1.807) is 12.1 Å². The molecule has 2 heterocycles. The van der Waals surface area contributed by atoms with Gasteiger partial charge in [-0.3, -0.25) is 0 Å².